The van der Waals surface area contributed by atoms with E-state index in [9.17, 15) is 0 Å². The van der Waals surface area contributed by atoms with Crippen LogP contribution in [0.4, 0.5) is 22.7 Å². The number of thioether (sulfide) groups is 1. The molecule has 0 radical (unpaired) electrons. The number of para-hydroxylation sites is 1. The predicted octanol–water partition coefficient (Wildman–Crippen LogP) is 14.3. The third-order valence-corrected chi connectivity index (χ3v) is 18.1. The smallest absolute Gasteiger partial charge is 0.329 e. The van der Waals surface area contributed by atoms with E-state index in [1.54, 1.807) is 16.6 Å². The SMILES string of the molecule is CCCCc1ccc2c(c1)C1(C)C=CC(C)C3=C1C1(C)C(=C4c5ccccc5SC43C)B3c4c(cc(C)cc4N21)-c1cc2c(cc1N3c1ccccc1)C(C)(C)CCC2(C)C. The Morgan fingerprint density at radius 3 is 2.20 bits per heavy atom. The molecule has 0 aromatic heterocycles. The van der Waals surface area contributed by atoms with Gasteiger partial charge in [0, 0.05) is 38.6 Å². The van der Waals surface area contributed by atoms with Gasteiger partial charge in [0.1, 0.15) is 0 Å². The van der Waals surface area contributed by atoms with E-state index in [1.165, 1.54) is 109 Å². The van der Waals surface area contributed by atoms with Crippen molar-refractivity contribution in [1.82, 2.24) is 0 Å². The topological polar surface area (TPSA) is 6.48 Å². The Labute approximate surface area is 369 Å². The average Bonchev–Trinajstić information content (AvgIpc) is 3.54. The van der Waals surface area contributed by atoms with E-state index in [0.717, 1.165) is 6.42 Å². The van der Waals surface area contributed by atoms with Crippen molar-refractivity contribution in [2.24, 2.45) is 5.92 Å². The molecule has 7 aliphatic rings. The molecule has 0 amide bonds. The molecule has 0 spiro atoms. The Kier molecular flexibility index (Phi) is 7.66. The molecule has 12 rings (SSSR count). The number of hydrogen-bond acceptors (Lipinski definition) is 3. The molecule has 61 heavy (non-hydrogen) atoms. The molecule has 306 valence electrons. The highest BCUT2D eigenvalue weighted by molar-refractivity contribution is 8.01. The number of rotatable bonds is 4. The Morgan fingerprint density at radius 2 is 1.44 bits per heavy atom. The zero-order valence-corrected chi connectivity index (χ0v) is 38.7. The van der Waals surface area contributed by atoms with Crippen LogP contribution in [0.2, 0.25) is 0 Å². The van der Waals surface area contributed by atoms with Crippen LogP contribution in [-0.4, -0.2) is 17.1 Å². The van der Waals surface area contributed by atoms with Crippen molar-refractivity contribution in [3.05, 3.63) is 159 Å². The van der Waals surface area contributed by atoms with E-state index in [2.05, 4.69) is 200 Å². The van der Waals surface area contributed by atoms with Crippen LogP contribution in [0, 0.1) is 12.8 Å². The Hall–Kier alpha value is -4.67. The lowest BCUT2D eigenvalue weighted by atomic mass is 9.33. The van der Waals surface area contributed by atoms with E-state index >= 15 is 0 Å². The van der Waals surface area contributed by atoms with Gasteiger partial charge in [-0.25, -0.2) is 0 Å². The fraction of sp³-hybridized carbons (Fsp3) is 0.368. The van der Waals surface area contributed by atoms with Crippen molar-refractivity contribution in [3.63, 3.8) is 0 Å². The van der Waals surface area contributed by atoms with Gasteiger partial charge >= 0.3 is 6.85 Å². The van der Waals surface area contributed by atoms with Crippen molar-refractivity contribution in [1.29, 1.82) is 0 Å². The molecule has 4 heteroatoms. The van der Waals surface area contributed by atoms with E-state index < -0.39 is 5.54 Å². The molecule has 4 atom stereocenters. The van der Waals surface area contributed by atoms with Crippen LogP contribution in [-0.2, 0) is 22.7 Å². The third kappa shape index (κ3) is 4.68. The molecular formula is C57H59BN2S. The van der Waals surface area contributed by atoms with Crippen molar-refractivity contribution in [2.75, 3.05) is 9.71 Å². The van der Waals surface area contributed by atoms with E-state index in [1.807, 2.05) is 0 Å². The lowest BCUT2D eigenvalue weighted by molar-refractivity contribution is 0.332. The summed E-state index contributed by atoms with van der Waals surface area (Å²) in [6.07, 6.45) is 11.1. The number of benzene rings is 5. The number of hydrogen-bond donors (Lipinski definition) is 0. The second kappa shape index (κ2) is 12.3. The van der Waals surface area contributed by atoms with Gasteiger partial charge in [-0.3, -0.25) is 0 Å². The van der Waals surface area contributed by atoms with Crippen molar-refractivity contribution >= 4 is 52.4 Å². The summed E-state index contributed by atoms with van der Waals surface area (Å²) in [5, 5.41) is 0. The van der Waals surface area contributed by atoms with Gasteiger partial charge in [0.15, 0.2) is 0 Å². The van der Waals surface area contributed by atoms with Crippen LogP contribution in [0.15, 0.2) is 131 Å². The first kappa shape index (κ1) is 38.0. The number of anilines is 4. The normalized spacial score (nSPS) is 27.5. The number of fused-ring (bicyclic) bond motifs is 12. The van der Waals surface area contributed by atoms with Gasteiger partial charge in [-0.15, -0.1) is 11.8 Å². The minimum atomic E-state index is -0.448. The highest BCUT2D eigenvalue weighted by atomic mass is 32.2. The highest BCUT2D eigenvalue weighted by Gasteiger charge is 2.68. The fourth-order valence-electron chi connectivity index (χ4n) is 13.8. The predicted molar refractivity (Wildman–Crippen MR) is 262 cm³/mol. The molecule has 4 heterocycles. The van der Waals surface area contributed by atoms with Crippen molar-refractivity contribution in [2.45, 2.75) is 133 Å². The first-order chi connectivity index (χ1) is 29.1. The quantitative estimate of drug-likeness (QED) is 0.132. The summed E-state index contributed by atoms with van der Waals surface area (Å²) in [5.74, 6) is 0.304. The summed E-state index contributed by atoms with van der Waals surface area (Å²) in [6, 6.07) is 38.9. The van der Waals surface area contributed by atoms with Crippen LogP contribution in [0.1, 0.15) is 121 Å². The van der Waals surface area contributed by atoms with E-state index in [-0.39, 0.29) is 27.8 Å². The van der Waals surface area contributed by atoms with Gasteiger partial charge in [-0.2, -0.15) is 0 Å². The molecular weight excluding hydrogens is 756 g/mol. The number of unbranched alkanes of at least 4 members (excludes halogenated alkanes) is 1. The number of nitrogens with zero attached hydrogens (tertiary/aromatic N) is 2. The van der Waals surface area contributed by atoms with Crippen molar-refractivity contribution in [3.8, 4) is 11.1 Å². The maximum atomic E-state index is 2.88. The number of allylic oxidation sites excluding steroid dienone is 2. The maximum absolute atomic E-state index is 2.88. The second-order valence-corrected chi connectivity index (χ2v) is 22.9. The molecule has 4 aliphatic heterocycles. The molecule has 4 unspecified atom stereocenters. The summed E-state index contributed by atoms with van der Waals surface area (Å²) in [4.78, 5) is 7.11. The third-order valence-electron chi connectivity index (χ3n) is 16.7. The lowest BCUT2D eigenvalue weighted by Crippen LogP contribution is -2.71. The molecule has 5 aromatic carbocycles. The molecule has 0 saturated carbocycles. The number of aryl methyl sites for hydroxylation is 2. The van der Waals surface area contributed by atoms with Gasteiger partial charge in [-0.1, -0.05) is 115 Å². The lowest BCUT2D eigenvalue weighted by Gasteiger charge is -2.66. The zero-order chi connectivity index (χ0) is 42.2. The van der Waals surface area contributed by atoms with Crippen LogP contribution in [0.25, 0.3) is 16.7 Å². The van der Waals surface area contributed by atoms with Crippen molar-refractivity contribution < 1.29 is 0 Å². The molecule has 0 fully saturated rings. The Balaban J connectivity index is 1.29. The van der Waals surface area contributed by atoms with Gasteiger partial charge in [0.25, 0.3) is 0 Å². The average molecular weight is 815 g/mol. The fourth-order valence-corrected chi connectivity index (χ4v) is 15.4. The summed E-state index contributed by atoms with van der Waals surface area (Å²) in [5.41, 5.74) is 24.1. The summed E-state index contributed by atoms with van der Waals surface area (Å²) in [7, 11) is 0. The summed E-state index contributed by atoms with van der Waals surface area (Å²) >= 11 is 2.12. The largest absolute Gasteiger partial charge is 0.377 e. The van der Waals surface area contributed by atoms with Gasteiger partial charge in [0.2, 0.25) is 0 Å². The van der Waals surface area contributed by atoms with Crippen LogP contribution in [0.3, 0.4) is 0 Å². The molecule has 5 aromatic rings. The molecule has 2 nitrogen and oxygen atoms in total. The molecule has 0 saturated heterocycles. The van der Waals surface area contributed by atoms with Gasteiger partial charge in [-0.05, 0) is 179 Å². The summed E-state index contributed by atoms with van der Waals surface area (Å²) < 4.78 is -0.241. The maximum Gasteiger partial charge on any atom is 0.329 e. The Bertz CT molecular complexity index is 2880. The first-order valence-corrected chi connectivity index (χ1v) is 24.1. The highest BCUT2D eigenvalue weighted by Crippen LogP contribution is 2.72. The van der Waals surface area contributed by atoms with E-state index in [4.69, 9.17) is 0 Å². The van der Waals surface area contributed by atoms with E-state index in [0.29, 0.717) is 5.92 Å². The summed E-state index contributed by atoms with van der Waals surface area (Å²) in [6.45, 7) is 24.9. The van der Waals surface area contributed by atoms with Gasteiger partial charge in [0.05, 0.1) is 10.3 Å². The Morgan fingerprint density at radius 1 is 0.721 bits per heavy atom. The molecule has 3 aliphatic carbocycles. The second-order valence-electron chi connectivity index (χ2n) is 21.5. The monoisotopic (exact) mass is 814 g/mol. The van der Waals surface area contributed by atoms with Crippen LogP contribution in [0.5, 0.6) is 0 Å². The van der Waals surface area contributed by atoms with Crippen LogP contribution < -0.4 is 15.2 Å². The first-order valence-electron chi connectivity index (χ1n) is 23.2. The molecule has 0 bridgehead atoms. The molecule has 0 N–H and O–H groups in total. The minimum Gasteiger partial charge on any atom is -0.377 e. The standard InChI is InChI=1S/C57H59BN2S/c1-11-12-18-36-23-24-44-43(31-36)55(8)26-25-35(3)48-51(55)56(9)52(49-38-21-16-17-22-47(38)61-57(48,49)10)58-50-40(29-34(2)30-46(50)59(44)56)39-32-41-42(54(6,7)28-27-53(41,4)5)33-45(39)60(58)37-19-14-13-15-20-37/h13-17,19-26,29-33,35H,11-12,18,27-28H2,1-10H3. The van der Waals surface area contributed by atoms with Crippen LogP contribution >= 0.6 is 11.8 Å². The van der Waals surface area contributed by atoms with Gasteiger partial charge < -0.3 is 9.71 Å². The minimum absolute atomic E-state index is 0.0227. The zero-order valence-electron chi connectivity index (χ0n) is 37.9.